The molecule has 144 valence electrons. The number of nitrogens with one attached hydrogen (secondary N) is 1. The molecule has 6 nitrogen and oxygen atoms in total. The molecular formula is C20H24N2O4S. The summed E-state index contributed by atoms with van der Waals surface area (Å²) in [5.41, 5.74) is 1.74. The first-order valence-corrected chi connectivity index (χ1v) is 9.60. The van der Waals surface area contributed by atoms with Gasteiger partial charge in [0.1, 0.15) is 11.5 Å². The number of carbonyl (C=O) groups excluding carboxylic acids is 2. The van der Waals surface area contributed by atoms with Gasteiger partial charge in [-0.2, -0.15) is 0 Å². The molecular weight excluding hydrogens is 364 g/mol. The van der Waals surface area contributed by atoms with Crippen LogP contribution in [0, 0.1) is 5.92 Å². The van der Waals surface area contributed by atoms with Gasteiger partial charge in [0.2, 0.25) is 5.91 Å². The Balaban J connectivity index is 1.72. The zero-order valence-corrected chi connectivity index (χ0v) is 16.8. The van der Waals surface area contributed by atoms with E-state index in [4.69, 9.17) is 9.47 Å². The second kappa shape index (κ2) is 8.00. The van der Waals surface area contributed by atoms with Crippen molar-refractivity contribution in [2.45, 2.75) is 19.3 Å². The molecule has 7 heteroatoms. The Morgan fingerprint density at radius 3 is 2.63 bits per heavy atom. The summed E-state index contributed by atoms with van der Waals surface area (Å²) in [5.74, 6) is 1.09. The van der Waals surface area contributed by atoms with E-state index < -0.39 is 0 Å². The summed E-state index contributed by atoms with van der Waals surface area (Å²) in [6, 6.07) is 7.25. The number of thiophene rings is 1. The number of anilines is 1. The summed E-state index contributed by atoms with van der Waals surface area (Å²) >= 11 is 1.54. The number of hydrogen-bond acceptors (Lipinski definition) is 5. The normalized spacial score (nSPS) is 15.6. The van der Waals surface area contributed by atoms with Crippen LogP contribution < -0.4 is 14.8 Å². The molecule has 1 aromatic heterocycles. The number of ether oxygens (including phenoxy) is 2. The van der Waals surface area contributed by atoms with E-state index >= 15 is 0 Å². The average molecular weight is 388 g/mol. The minimum Gasteiger partial charge on any atom is -0.497 e. The molecule has 0 radical (unpaired) electrons. The maximum Gasteiger partial charge on any atom is 0.263 e. The van der Waals surface area contributed by atoms with E-state index in [1.54, 1.807) is 62.8 Å². The van der Waals surface area contributed by atoms with Gasteiger partial charge in [-0.05, 0) is 43.0 Å². The van der Waals surface area contributed by atoms with Crippen molar-refractivity contribution in [2.24, 2.45) is 5.92 Å². The molecule has 0 saturated carbocycles. The van der Waals surface area contributed by atoms with E-state index in [1.807, 2.05) is 6.07 Å². The first kappa shape index (κ1) is 19.2. The number of fused-ring (bicyclic) bond motifs is 1. The Morgan fingerprint density at radius 1 is 1.19 bits per heavy atom. The largest absolute Gasteiger partial charge is 0.497 e. The fourth-order valence-corrected chi connectivity index (χ4v) is 4.44. The Labute approximate surface area is 163 Å². The minimum atomic E-state index is -0.124. The molecule has 0 fully saturated rings. The van der Waals surface area contributed by atoms with Crippen LogP contribution in [-0.4, -0.2) is 45.0 Å². The van der Waals surface area contributed by atoms with Crippen LogP contribution in [0.4, 0.5) is 5.69 Å². The van der Waals surface area contributed by atoms with Crippen LogP contribution in [0.25, 0.3) is 0 Å². The zero-order chi connectivity index (χ0) is 19.6. The zero-order valence-electron chi connectivity index (χ0n) is 16.0. The number of amides is 2. The fourth-order valence-electron chi connectivity index (χ4n) is 3.21. The van der Waals surface area contributed by atoms with Crippen molar-refractivity contribution in [3.05, 3.63) is 39.6 Å². The molecule has 0 saturated heterocycles. The summed E-state index contributed by atoms with van der Waals surface area (Å²) in [6.45, 7) is 0. The summed E-state index contributed by atoms with van der Waals surface area (Å²) in [6.07, 6.45) is 2.24. The van der Waals surface area contributed by atoms with E-state index in [1.165, 1.54) is 4.88 Å². The number of aryl methyl sites for hydroxylation is 1. The Kier molecular flexibility index (Phi) is 5.70. The maximum absolute atomic E-state index is 12.8. The van der Waals surface area contributed by atoms with Crippen molar-refractivity contribution in [3.63, 3.8) is 0 Å². The number of nitrogens with zero attached hydrogens (tertiary/aromatic N) is 1. The predicted octanol–water partition coefficient (Wildman–Crippen LogP) is 3.21. The Morgan fingerprint density at radius 2 is 1.96 bits per heavy atom. The third kappa shape index (κ3) is 4.08. The Bertz CT molecular complexity index is 860. The molecule has 27 heavy (non-hydrogen) atoms. The number of hydrogen-bond donors (Lipinski definition) is 1. The SMILES string of the molecule is COc1ccc(NC(=O)[C@H]2CCc3sc(C(=O)N(C)C)cc3C2)c(OC)c1. The summed E-state index contributed by atoms with van der Waals surface area (Å²) in [4.78, 5) is 28.5. The Hall–Kier alpha value is -2.54. The number of methoxy groups -OCH3 is 2. The average Bonchev–Trinajstić information content (AvgIpc) is 3.10. The second-order valence-electron chi connectivity index (χ2n) is 6.75. The van der Waals surface area contributed by atoms with Crippen molar-refractivity contribution >= 4 is 28.8 Å². The smallest absolute Gasteiger partial charge is 0.263 e. The highest BCUT2D eigenvalue weighted by molar-refractivity contribution is 7.14. The molecule has 0 bridgehead atoms. The van der Waals surface area contributed by atoms with E-state index in [9.17, 15) is 9.59 Å². The molecule has 0 spiro atoms. The van der Waals surface area contributed by atoms with Crippen molar-refractivity contribution in [2.75, 3.05) is 33.6 Å². The van der Waals surface area contributed by atoms with Crippen LogP contribution >= 0.6 is 11.3 Å². The lowest BCUT2D eigenvalue weighted by Crippen LogP contribution is -2.27. The van der Waals surface area contributed by atoms with Gasteiger partial charge in [0.15, 0.2) is 0 Å². The van der Waals surface area contributed by atoms with Crippen LogP contribution in [-0.2, 0) is 17.6 Å². The number of rotatable bonds is 5. The predicted molar refractivity (Wildman–Crippen MR) is 106 cm³/mol. The first-order chi connectivity index (χ1) is 12.9. The maximum atomic E-state index is 12.8. The molecule has 3 rings (SSSR count). The third-order valence-corrected chi connectivity index (χ3v) is 5.96. The van der Waals surface area contributed by atoms with Gasteiger partial charge in [-0.1, -0.05) is 0 Å². The molecule has 2 aromatic rings. The molecule has 1 aromatic carbocycles. The molecule has 1 heterocycles. The van der Waals surface area contributed by atoms with Crippen molar-refractivity contribution in [3.8, 4) is 11.5 Å². The first-order valence-electron chi connectivity index (χ1n) is 8.79. The lowest BCUT2D eigenvalue weighted by molar-refractivity contribution is -0.120. The van der Waals surface area contributed by atoms with E-state index in [-0.39, 0.29) is 17.7 Å². The van der Waals surface area contributed by atoms with Crippen molar-refractivity contribution < 1.29 is 19.1 Å². The van der Waals surface area contributed by atoms with Gasteiger partial charge in [0, 0.05) is 31.0 Å². The molecule has 0 aliphatic heterocycles. The minimum absolute atomic E-state index is 0.0124. The third-order valence-electron chi connectivity index (χ3n) is 4.74. The molecule has 1 aliphatic carbocycles. The molecule has 0 unspecified atom stereocenters. The molecule has 2 amide bonds. The lowest BCUT2D eigenvalue weighted by atomic mass is 9.87. The summed E-state index contributed by atoms with van der Waals surface area (Å²) in [5, 5.41) is 2.97. The fraction of sp³-hybridized carbons (Fsp3) is 0.400. The highest BCUT2D eigenvalue weighted by Crippen LogP contribution is 2.34. The van der Waals surface area contributed by atoms with Crippen molar-refractivity contribution in [1.29, 1.82) is 0 Å². The van der Waals surface area contributed by atoms with Crippen molar-refractivity contribution in [1.82, 2.24) is 4.90 Å². The highest BCUT2D eigenvalue weighted by Gasteiger charge is 2.28. The van der Waals surface area contributed by atoms with Gasteiger partial charge in [0.05, 0.1) is 24.8 Å². The van der Waals surface area contributed by atoms with E-state index in [2.05, 4.69) is 5.32 Å². The lowest BCUT2D eigenvalue weighted by Gasteiger charge is -2.22. The monoisotopic (exact) mass is 388 g/mol. The van der Waals surface area contributed by atoms with E-state index in [0.29, 0.717) is 23.6 Å². The summed E-state index contributed by atoms with van der Waals surface area (Å²) < 4.78 is 10.5. The van der Waals surface area contributed by atoms with Gasteiger partial charge in [-0.3, -0.25) is 9.59 Å². The van der Waals surface area contributed by atoms with Gasteiger partial charge in [-0.15, -0.1) is 11.3 Å². The topological polar surface area (TPSA) is 67.9 Å². The van der Waals surface area contributed by atoms with Gasteiger partial charge in [0.25, 0.3) is 5.91 Å². The van der Waals surface area contributed by atoms with Gasteiger partial charge >= 0.3 is 0 Å². The van der Waals surface area contributed by atoms with Crippen LogP contribution in [0.2, 0.25) is 0 Å². The second-order valence-corrected chi connectivity index (χ2v) is 7.89. The molecule has 1 aliphatic rings. The van der Waals surface area contributed by atoms with Gasteiger partial charge in [-0.25, -0.2) is 0 Å². The number of carbonyl (C=O) groups is 2. The van der Waals surface area contributed by atoms with Crippen LogP contribution in [0.3, 0.4) is 0 Å². The number of benzene rings is 1. The van der Waals surface area contributed by atoms with E-state index in [0.717, 1.165) is 23.3 Å². The molecule has 1 N–H and O–H groups in total. The standard InChI is InChI=1S/C20H24N2O4S/c1-22(2)20(24)18-10-13-9-12(5-8-17(13)27-18)19(23)21-15-7-6-14(25-3)11-16(15)26-4/h6-7,10-12H,5,8-9H2,1-4H3,(H,21,23)/t12-/m0/s1. The molecule has 1 atom stereocenters. The summed E-state index contributed by atoms with van der Waals surface area (Å²) in [7, 11) is 6.65. The van der Waals surface area contributed by atoms with Crippen LogP contribution in [0.1, 0.15) is 26.5 Å². The van der Waals surface area contributed by atoms with Gasteiger partial charge < -0.3 is 19.7 Å². The highest BCUT2D eigenvalue weighted by atomic mass is 32.1. The van der Waals surface area contributed by atoms with Crippen LogP contribution in [0.15, 0.2) is 24.3 Å². The van der Waals surface area contributed by atoms with Crippen LogP contribution in [0.5, 0.6) is 11.5 Å². The quantitative estimate of drug-likeness (QED) is 0.854.